The van der Waals surface area contributed by atoms with Crippen LogP contribution in [0.4, 0.5) is 0 Å². The molecule has 0 bridgehead atoms. The highest BCUT2D eigenvalue weighted by Crippen LogP contribution is 2.10. The van der Waals surface area contributed by atoms with Crippen LogP contribution in [-0.4, -0.2) is 71.7 Å². The fraction of sp³-hybridized carbons (Fsp3) is 0.444. The molecule has 1 rings (SSSR count). The van der Waals surface area contributed by atoms with Crippen LogP contribution in [0.15, 0.2) is 30.3 Å². The molecule has 0 aliphatic heterocycles. The van der Waals surface area contributed by atoms with E-state index >= 15 is 0 Å². The monoisotopic (exact) mass is 380 g/mol. The summed E-state index contributed by atoms with van der Waals surface area (Å²) in [5.41, 5.74) is 0.621. The van der Waals surface area contributed by atoms with E-state index < -0.39 is 31.3 Å². The van der Waals surface area contributed by atoms with Crippen molar-refractivity contribution in [3.8, 4) is 0 Å². The molecule has 3 N–H and O–H groups in total. The van der Waals surface area contributed by atoms with Crippen molar-refractivity contribution >= 4 is 24.2 Å². The molecular weight excluding hydrogens is 356 g/mol. The van der Waals surface area contributed by atoms with E-state index in [1.54, 1.807) is 24.3 Å². The molecule has 0 saturated carbocycles. The molecular formula is C18H24N2O7. The first kappa shape index (κ1) is 22.3. The zero-order chi connectivity index (χ0) is 20.1. The van der Waals surface area contributed by atoms with Gasteiger partial charge in [-0.2, -0.15) is 0 Å². The summed E-state index contributed by atoms with van der Waals surface area (Å²) in [7, 11) is 0. The molecule has 0 spiro atoms. The first-order valence-corrected chi connectivity index (χ1v) is 8.48. The second kappa shape index (κ2) is 12.6. The molecule has 1 unspecified atom stereocenters. The van der Waals surface area contributed by atoms with E-state index in [1.165, 1.54) is 0 Å². The number of aliphatic carboxylic acids is 2. The van der Waals surface area contributed by atoms with Gasteiger partial charge >= 0.3 is 11.9 Å². The van der Waals surface area contributed by atoms with Gasteiger partial charge in [-0.3, -0.25) is 19.2 Å². The second-order valence-corrected chi connectivity index (χ2v) is 5.85. The molecule has 0 aromatic heterocycles. The van der Waals surface area contributed by atoms with Crippen molar-refractivity contribution in [2.45, 2.75) is 25.3 Å². The van der Waals surface area contributed by atoms with Crippen molar-refractivity contribution in [2.24, 2.45) is 0 Å². The summed E-state index contributed by atoms with van der Waals surface area (Å²) in [5.74, 6) is -2.42. The molecule has 27 heavy (non-hydrogen) atoms. The smallest absolute Gasteiger partial charge is 0.321 e. The molecule has 0 heterocycles. The van der Waals surface area contributed by atoms with Gasteiger partial charge in [0.25, 0.3) is 6.47 Å². The fourth-order valence-corrected chi connectivity index (χ4v) is 2.52. The van der Waals surface area contributed by atoms with Crippen molar-refractivity contribution in [1.82, 2.24) is 10.2 Å². The van der Waals surface area contributed by atoms with Gasteiger partial charge in [-0.15, -0.1) is 0 Å². The lowest BCUT2D eigenvalue weighted by atomic mass is 10.1. The van der Waals surface area contributed by atoms with Crippen molar-refractivity contribution in [3.63, 3.8) is 0 Å². The SMILES string of the molecule is O=COCN(CC(=O)O)C(CCCCNCC(=O)c1ccccc1)C(=O)O. The van der Waals surface area contributed by atoms with Crippen molar-refractivity contribution in [3.05, 3.63) is 35.9 Å². The quantitative estimate of drug-likeness (QED) is 0.173. The van der Waals surface area contributed by atoms with E-state index in [1.807, 2.05) is 6.07 Å². The summed E-state index contributed by atoms with van der Waals surface area (Å²) in [5, 5.41) is 21.2. The Morgan fingerprint density at radius 1 is 1.15 bits per heavy atom. The number of carboxylic acid groups (broad SMARTS) is 2. The Hall–Kier alpha value is -2.78. The van der Waals surface area contributed by atoms with Crippen LogP contribution in [-0.2, 0) is 19.1 Å². The summed E-state index contributed by atoms with van der Waals surface area (Å²) in [6.45, 7) is -0.105. The molecule has 0 saturated heterocycles. The Bertz CT molecular complexity index is 621. The van der Waals surface area contributed by atoms with E-state index in [0.29, 0.717) is 24.9 Å². The van der Waals surface area contributed by atoms with E-state index in [4.69, 9.17) is 5.11 Å². The Balaban J connectivity index is 2.36. The Morgan fingerprint density at radius 3 is 2.44 bits per heavy atom. The lowest BCUT2D eigenvalue weighted by Crippen LogP contribution is -2.45. The second-order valence-electron chi connectivity index (χ2n) is 5.85. The highest BCUT2D eigenvalue weighted by atomic mass is 16.5. The van der Waals surface area contributed by atoms with Crippen LogP contribution in [0.2, 0.25) is 0 Å². The number of ether oxygens (including phenoxy) is 1. The first-order valence-electron chi connectivity index (χ1n) is 8.48. The van der Waals surface area contributed by atoms with Gasteiger partial charge in [0.15, 0.2) is 5.78 Å². The molecule has 0 radical (unpaired) electrons. The van der Waals surface area contributed by atoms with Gasteiger partial charge in [-0.25, -0.2) is 4.90 Å². The number of carbonyl (C=O) groups is 4. The Morgan fingerprint density at radius 2 is 1.85 bits per heavy atom. The molecule has 9 heteroatoms. The van der Waals surface area contributed by atoms with E-state index in [0.717, 1.165) is 4.90 Å². The van der Waals surface area contributed by atoms with Gasteiger partial charge in [-0.05, 0) is 19.4 Å². The molecule has 1 atom stereocenters. The number of ketones is 1. The average molecular weight is 380 g/mol. The maximum absolute atomic E-state index is 11.9. The highest BCUT2D eigenvalue weighted by molar-refractivity contribution is 5.97. The van der Waals surface area contributed by atoms with Crippen LogP contribution in [0.5, 0.6) is 0 Å². The van der Waals surface area contributed by atoms with Gasteiger partial charge in [0, 0.05) is 5.56 Å². The van der Waals surface area contributed by atoms with Crippen molar-refractivity contribution < 1.29 is 34.1 Å². The first-order chi connectivity index (χ1) is 13.0. The number of hydrogen-bond acceptors (Lipinski definition) is 7. The van der Waals surface area contributed by atoms with Gasteiger partial charge in [0.05, 0.1) is 6.54 Å². The zero-order valence-electron chi connectivity index (χ0n) is 14.9. The molecule has 148 valence electrons. The maximum atomic E-state index is 11.9. The third-order valence-electron chi connectivity index (χ3n) is 3.84. The molecule has 1 aromatic carbocycles. The van der Waals surface area contributed by atoms with Crippen LogP contribution in [0.3, 0.4) is 0 Å². The number of nitrogens with zero attached hydrogens (tertiary/aromatic N) is 1. The third kappa shape index (κ3) is 8.93. The summed E-state index contributed by atoms with van der Waals surface area (Å²) in [6.07, 6.45) is 1.31. The number of carboxylic acids is 2. The topological polar surface area (TPSA) is 133 Å². The van der Waals surface area contributed by atoms with Gasteiger partial charge in [0.2, 0.25) is 0 Å². The minimum atomic E-state index is -1.21. The van der Waals surface area contributed by atoms with Crippen LogP contribution in [0.25, 0.3) is 0 Å². The normalized spacial score (nSPS) is 11.7. The molecule has 0 fully saturated rings. The maximum Gasteiger partial charge on any atom is 0.321 e. The predicted molar refractivity (Wildman–Crippen MR) is 95.3 cm³/mol. The minimum Gasteiger partial charge on any atom is -0.480 e. The van der Waals surface area contributed by atoms with Crippen LogP contribution in [0.1, 0.15) is 29.6 Å². The summed E-state index contributed by atoms with van der Waals surface area (Å²) in [4.78, 5) is 45.6. The van der Waals surface area contributed by atoms with E-state index in [-0.39, 0.29) is 25.2 Å². The van der Waals surface area contributed by atoms with Crippen LogP contribution >= 0.6 is 0 Å². The number of Topliss-reactive ketones (excluding diaryl/α,β-unsaturated/α-hetero) is 1. The molecule has 0 amide bonds. The lowest BCUT2D eigenvalue weighted by Gasteiger charge is -2.26. The number of carbonyl (C=O) groups excluding carboxylic acids is 2. The van der Waals surface area contributed by atoms with Crippen molar-refractivity contribution in [2.75, 3.05) is 26.4 Å². The van der Waals surface area contributed by atoms with E-state index in [9.17, 15) is 24.3 Å². The average Bonchev–Trinajstić information content (AvgIpc) is 2.64. The standard InChI is InChI=1S/C18H24N2O7/c21-13-27-12-20(11-17(23)24)15(18(25)26)8-4-5-9-19-10-16(22)14-6-2-1-3-7-14/h1-3,6-7,13,15,19H,4-5,8-12H2,(H,23,24)(H,25,26). The zero-order valence-corrected chi connectivity index (χ0v) is 14.9. The lowest BCUT2D eigenvalue weighted by molar-refractivity contribution is -0.153. The van der Waals surface area contributed by atoms with Gasteiger partial charge in [0.1, 0.15) is 19.3 Å². The summed E-state index contributed by atoms with van der Waals surface area (Å²) < 4.78 is 4.51. The largest absolute Gasteiger partial charge is 0.480 e. The van der Waals surface area contributed by atoms with E-state index in [2.05, 4.69) is 10.1 Å². The minimum absolute atomic E-state index is 0.0299. The number of hydrogen-bond donors (Lipinski definition) is 3. The molecule has 1 aromatic rings. The van der Waals surface area contributed by atoms with Crippen molar-refractivity contribution in [1.29, 1.82) is 0 Å². The number of rotatable bonds is 15. The van der Waals surface area contributed by atoms with Gasteiger partial charge < -0.3 is 20.3 Å². The molecule has 0 aliphatic rings. The van der Waals surface area contributed by atoms with Crippen LogP contribution < -0.4 is 5.32 Å². The number of unbranched alkanes of at least 4 members (excludes halogenated alkanes) is 1. The molecule has 0 aliphatic carbocycles. The number of nitrogens with one attached hydrogen (secondary N) is 1. The summed E-state index contributed by atoms with van der Waals surface area (Å²) in [6, 6.07) is 7.80. The fourth-order valence-electron chi connectivity index (χ4n) is 2.52. The Labute approximate surface area is 156 Å². The predicted octanol–water partition coefficient (Wildman–Crippen LogP) is 0.600. The van der Waals surface area contributed by atoms with Gasteiger partial charge in [-0.1, -0.05) is 36.8 Å². The number of benzene rings is 1. The molecule has 9 nitrogen and oxygen atoms in total. The summed E-state index contributed by atoms with van der Waals surface area (Å²) >= 11 is 0. The Kier molecular flexibility index (Phi) is 10.4. The third-order valence-corrected chi connectivity index (χ3v) is 3.84. The van der Waals surface area contributed by atoms with Crippen LogP contribution in [0, 0.1) is 0 Å². The highest BCUT2D eigenvalue weighted by Gasteiger charge is 2.27.